The van der Waals surface area contributed by atoms with Crippen LogP contribution in [0.3, 0.4) is 0 Å². The summed E-state index contributed by atoms with van der Waals surface area (Å²) >= 11 is 1.44. The van der Waals surface area contributed by atoms with E-state index in [9.17, 15) is 24.6 Å². The third-order valence-electron chi connectivity index (χ3n) is 8.04. The molecule has 0 aliphatic carbocycles. The summed E-state index contributed by atoms with van der Waals surface area (Å²) in [6, 6.07) is -0.106. The van der Waals surface area contributed by atoms with Gasteiger partial charge in [0.15, 0.2) is 0 Å². The van der Waals surface area contributed by atoms with E-state index in [0.717, 1.165) is 12.0 Å². The maximum atomic E-state index is 12.5. The van der Waals surface area contributed by atoms with E-state index < -0.39 is 30.0 Å². The van der Waals surface area contributed by atoms with Crippen LogP contribution in [0.5, 0.6) is 0 Å². The van der Waals surface area contributed by atoms with E-state index in [1.54, 1.807) is 6.92 Å². The Morgan fingerprint density at radius 2 is 1.81 bits per heavy atom. The van der Waals surface area contributed by atoms with Gasteiger partial charge in [0.1, 0.15) is 17.8 Å². The van der Waals surface area contributed by atoms with Gasteiger partial charge in [-0.3, -0.25) is 14.4 Å². The Balaban J connectivity index is 1.47. The number of allylic oxidation sites excluding steroid dienone is 2. The van der Waals surface area contributed by atoms with Gasteiger partial charge in [-0.2, -0.15) is 11.8 Å². The molecule has 0 radical (unpaired) electrons. The van der Waals surface area contributed by atoms with Gasteiger partial charge < -0.3 is 40.4 Å². The van der Waals surface area contributed by atoms with Crippen LogP contribution >= 0.6 is 11.8 Å². The second-order valence-electron chi connectivity index (χ2n) is 11.9. The van der Waals surface area contributed by atoms with Crippen molar-refractivity contribution in [3.8, 4) is 0 Å². The lowest BCUT2D eigenvalue weighted by Gasteiger charge is -2.39. The number of amides is 3. The van der Waals surface area contributed by atoms with E-state index in [0.29, 0.717) is 38.3 Å². The van der Waals surface area contributed by atoms with Crippen molar-refractivity contribution in [3.05, 3.63) is 36.0 Å². The first-order valence-corrected chi connectivity index (χ1v) is 16.5. The molecule has 0 saturated carbocycles. The fourth-order valence-corrected chi connectivity index (χ4v) is 5.82. The first kappa shape index (κ1) is 35.3. The number of hydrogen-bond acceptors (Lipinski definition) is 9. The molecule has 0 bridgehead atoms. The molecule has 3 aliphatic rings. The number of aliphatic hydroxyl groups is 2. The van der Waals surface area contributed by atoms with Crippen LogP contribution in [-0.4, -0.2) is 108 Å². The minimum Gasteiger partial charge on any atom is -0.389 e. The third kappa shape index (κ3) is 11.3. The normalized spacial score (nSPS) is 33.5. The summed E-state index contributed by atoms with van der Waals surface area (Å²) < 4.78 is 18.0. The lowest BCUT2D eigenvalue weighted by atomic mass is 9.87. The quantitative estimate of drug-likeness (QED) is 0.0834. The van der Waals surface area contributed by atoms with Crippen LogP contribution in [0.4, 0.5) is 0 Å². The van der Waals surface area contributed by atoms with Crippen LogP contribution in [0.2, 0.25) is 0 Å². The number of aliphatic hydroxyl groups excluding tert-OH is 2. The molecule has 0 aromatic rings. The summed E-state index contributed by atoms with van der Waals surface area (Å²) in [5.41, 5.74) is 0.313. The first-order valence-electron chi connectivity index (χ1n) is 15.1. The lowest BCUT2D eigenvalue weighted by Crippen LogP contribution is -2.51. The van der Waals surface area contributed by atoms with Crippen molar-refractivity contribution in [1.29, 1.82) is 0 Å². The molecule has 0 aromatic carbocycles. The second-order valence-corrected chi connectivity index (χ2v) is 12.8. The van der Waals surface area contributed by atoms with Crippen molar-refractivity contribution in [2.45, 2.75) is 102 Å². The van der Waals surface area contributed by atoms with Crippen molar-refractivity contribution < 1.29 is 38.8 Å². The van der Waals surface area contributed by atoms with Crippen LogP contribution in [-0.2, 0) is 28.6 Å². The van der Waals surface area contributed by atoms with E-state index in [1.165, 1.54) is 23.9 Å². The van der Waals surface area contributed by atoms with Gasteiger partial charge in [-0.05, 0) is 45.8 Å². The molecule has 5 N–H and O–H groups in total. The van der Waals surface area contributed by atoms with Gasteiger partial charge in [0.05, 0.1) is 49.2 Å². The highest BCUT2D eigenvalue weighted by Crippen LogP contribution is 2.43. The van der Waals surface area contributed by atoms with Crippen molar-refractivity contribution >= 4 is 29.5 Å². The van der Waals surface area contributed by atoms with Crippen LogP contribution in [0.15, 0.2) is 36.0 Å². The maximum absolute atomic E-state index is 12.5. The van der Waals surface area contributed by atoms with Gasteiger partial charge in [0, 0.05) is 25.6 Å². The number of carbonyl (C=O) groups is 3. The summed E-state index contributed by atoms with van der Waals surface area (Å²) in [5.74, 6) is 0.129. The van der Waals surface area contributed by atoms with Crippen LogP contribution in [0.25, 0.3) is 0 Å². The van der Waals surface area contributed by atoms with Gasteiger partial charge in [-0.25, -0.2) is 0 Å². The standard InChI is InChI=1S/C31H49N3O8S/c1-19(6-9-25-20(2)14-24(22(4)41-25)34-27(36)11-8-21(3)35)7-10-26-30(39)31(18-40-31)16-23(42-26)15-28(37)32-12-13-33-29(38)17-43-5/h6-8,10-11,20-26,30,35,39H,9,12-18H2,1-5H3,(H,32,37)(H,33,38)(H,34,36)/b10-7+,11-8-,19-6+/t20-,21-,22+,23+,24+,25-,26+,30+,31+/m0/s1. The van der Waals surface area contributed by atoms with Crippen LogP contribution < -0.4 is 16.0 Å². The predicted molar refractivity (Wildman–Crippen MR) is 165 cm³/mol. The van der Waals surface area contributed by atoms with Crippen molar-refractivity contribution in [3.63, 3.8) is 0 Å². The van der Waals surface area contributed by atoms with Crippen molar-refractivity contribution in [2.75, 3.05) is 31.7 Å². The zero-order valence-electron chi connectivity index (χ0n) is 25.9. The average molecular weight is 624 g/mol. The summed E-state index contributed by atoms with van der Waals surface area (Å²) in [6.07, 6.45) is 9.90. The highest BCUT2D eigenvalue weighted by molar-refractivity contribution is 7.99. The molecule has 0 aromatic heterocycles. The molecule has 0 unspecified atom stereocenters. The van der Waals surface area contributed by atoms with Gasteiger partial charge >= 0.3 is 0 Å². The zero-order chi connectivity index (χ0) is 31.6. The largest absolute Gasteiger partial charge is 0.389 e. The number of thioether (sulfide) groups is 1. The minimum atomic E-state index is -0.826. The first-order chi connectivity index (χ1) is 20.4. The van der Waals surface area contributed by atoms with E-state index in [4.69, 9.17) is 14.2 Å². The predicted octanol–water partition coefficient (Wildman–Crippen LogP) is 1.39. The Hall–Kier alpha value is -2.22. The van der Waals surface area contributed by atoms with Gasteiger partial charge in [0.25, 0.3) is 0 Å². The van der Waals surface area contributed by atoms with E-state index in [-0.39, 0.29) is 48.3 Å². The van der Waals surface area contributed by atoms with E-state index >= 15 is 0 Å². The minimum absolute atomic E-state index is 0.000842. The number of epoxide rings is 1. The van der Waals surface area contributed by atoms with E-state index in [1.807, 2.05) is 32.3 Å². The molecular formula is C31H49N3O8S. The Morgan fingerprint density at radius 3 is 2.47 bits per heavy atom. The molecule has 12 heteroatoms. The summed E-state index contributed by atoms with van der Waals surface area (Å²) in [7, 11) is 0. The van der Waals surface area contributed by atoms with Crippen molar-refractivity contribution in [2.24, 2.45) is 5.92 Å². The number of hydrogen-bond donors (Lipinski definition) is 5. The van der Waals surface area contributed by atoms with Gasteiger partial charge in [0.2, 0.25) is 17.7 Å². The van der Waals surface area contributed by atoms with Crippen LogP contribution in [0.1, 0.15) is 53.4 Å². The molecule has 3 saturated heterocycles. The van der Waals surface area contributed by atoms with Gasteiger partial charge in [-0.15, -0.1) is 0 Å². The van der Waals surface area contributed by atoms with Crippen molar-refractivity contribution in [1.82, 2.24) is 16.0 Å². The summed E-state index contributed by atoms with van der Waals surface area (Å²) in [6.45, 7) is 8.77. The second kappa shape index (κ2) is 16.7. The monoisotopic (exact) mass is 623 g/mol. The Labute approximate surface area is 259 Å². The Bertz CT molecular complexity index is 1040. The van der Waals surface area contributed by atoms with Gasteiger partial charge in [-0.1, -0.05) is 36.8 Å². The molecule has 3 heterocycles. The number of ether oxygens (including phenoxy) is 3. The molecule has 9 atom stereocenters. The molecular weight excluding hydrogens is 574 g/mol. The maximum Gasteiger partial charge on any atom is 0.244 e. The number of rotatable bonds is 14. The molecule has 11 nitrogen and oxygen atoms in total. The summed E-state index contributed by atoms with van der Waals surface area (Å²) in [4.78, 5) is 36.2. The molecule has 3 amide bonds. The van der Waals surface area contributed by atoms with Crippen LogP contribution in [0, 0.1) is 5.92 Å². The summed E-state index contributed by atoms with van der Waals surface area (Å²) in [5, 5.41) is 28.8. The fourth-order valence-electron chi connectivity index (χ4n) is 5.45. The molecule has 43 heavy (non-hydrogen) atoms. The molecule has 1 spiro atoms. The topological polar surface area (TPSA) is 159 Å². The number of carbonyl (C=O) groups excluding carboxylic acids is 3. The third-order valence-corrected chi connectivity index (χ3v) is 8.59. The lowest BCUT2D eigenvalue weighted by molar-refractivity contribution is -0.145. The Morgan fingerprint density at radius 1 is 1.12 bits per heavy atom. The SMILES string of the molecule is CSCC(=O)NCCNC(=O)C[C@@H]1C[C@@]2(CO2)[C@H](O)[C@@H](/C=C/C(C)=C/C[C@@H]2O[C@H](C)[C@H](NC(=O)/C=C\[C@H](C)O)C[C@@H]2C)O1. The zero-order valence-corrected chi connectivity index (χ0v) is 26.7. The highest BCUT2D eigenvalue weighted by Gasteiger charge is 2.58. The highest BCUT2D eigenvalue weighted by atomic mass is 32.2. The van der Waals surface area contributed by atoms with E-state index in [2.05, 4.69) is 29.0 Å². The molecule has 242 valence electrons. The molecule has 3 aliphatic heterocycles. The molecule has 3 fully saturated rings. The average Bonchev–Trinajstić information content (AvgIpc) is 3.72. The fraction of sp³-hybridized carbons (Fsp3) is 0.710. The molecule has 3 rings (SSSR count). The smallest absolute Gasteiger partial charge is 0.244 e. The number of nitrogens with one attached hydrogen (secondary N) is 3. The Kier molecular flexibility index (Phi) is 13.7.